The van der Waals surface area contributed by atoms with Gasteiger partial charge >= 0.3 is 31.3 Å². The molecular formula is C17H13F3N3O12P. The number of carbonyl (C=O) groups is 2. The third-order valence-corrected chi connectivity index (χ3v) is 5.21. The van der Waals surface area contributed by atoms with E-state index in [-0.39, 0.29) is 0 Å². The Labute approximate surface area is 196 Å². The maximum absolute atomic E-state index is 13.4. The fourth-order valence-corrected chi connectivity index (χ4v) is 3.55. The van der Waals surface area contributed by atoms with Crippen molar-refractivity contribution in [3.8, 4) is 11.5 Å². The number of hydrogen-bond donors (Lipinski definition) is 3. The minimum atomic E-state index is -6.39. The minimum absolute atomic E-state index is 0.484. The molecule has 0 atom stereocenters. The molecule has 0 radical (unpaired) electrons. The number of carboxylic acids is 1. The highest BCUT2D eigenvalue weighted by molar-refractivity contribution is 7.53. The fourth-order valence-electron chi connectivity index (χ4n) is 2.62. The number of amides is 1. The van der Waals surface area contributed by atoms with Crippen molar-refractivity contribution >= 4 is 30.8 Å². The molecule has 0 aliphatic heterocycles. The Morgan fingerprint density at radius 2 is 1.36 bits per heavy atom. The molecule has 0 unspecified atom stereocenters. The standard InChI is InChI=1S/C17H13F3N3O12P/c18-16(19,20)15(26)21(9-14(24)25)17(36(31,32)33,34-12-5-1-3-10(7-12)22(27)28)35-13-6-2-4-11(8-13)23(29)30/h1-8H,9H2,(H,24,25)(H2,31,32,33). The summed E-state index contributed by atoms with van der Waals surface area (Å²) in [6.07, 6.45) is -5.94. The van der Waals surface area contributed by atoms with Crippen molar-refractivity contribution in [1.29, 1.82) is 0 Å². The molecule has 2 rings (SSSR count). The van der Waals surface area contributed by atoms with Crippen LogP contribution in [0.1, 0.15) is 0 Å². The molecule has 36 heavy (non-hydrogen) atoms. The van der Waals surface area contributed by atoms with E-state index in [1.54, 1.807) is 0 Å². The van der Waals surface area contributed by atoms with Gasteiger partial charge in [-0.3, -0.25) is 29.8 Å². The molecule has 3 N–H and O–H groups in total. The minimum Gasteiger partial charge on any atom is -0.480 e. The number of ether oxygens (including phenoxy) is 2. The number of alkyl halides is 3. The van der Waals surface area contributed by atoms with Gasteiger partial charge in [0.15, 0.2) is 0 Å². The van der Waals surface area contributed by atoms with Crippen molar-refractivity contribution in [3.05, 3.63) is 68.8 Å². The normalized spacial score (nSPS) is 11.9. The van der Waals surface area contributed by atoms with E-state index in [0.717, 1.165) is 36.4 Å². The number of nitrogens with zero attached hydrogens (tertiary/aromatic N) is 3. The third kappa shape index (κ3) is 6.23. The van der Waals surface area contributed by atoms with E-state index in [9.17, 15) is 57.3 Å². The molecule has 1 amide bonds. The first-order valence-corrected chi connectivity index (χ1v) is 10.6. The predicted molar refractivity (Wildman–Crippen MR) is 108 cm³/mol. The molecule has 194 valence electrons. The molecule has 0 aliphatic rings. The molecule has 0 saturated carbocycles. The smallest absolute Gasteiger partial charge is 0.471 e. The first-order valence-electron chi connectivity index (χ1n) is 9.01. The summed E-state index contributed by atoms with van der Waals surface area (Å²) < 4.78 is 62.5. The second kappa shape index (κ2) is 10.1. The Hall–Kier alpha value is -4.28. The van der Waals surface area contributed by atoms with Gasteiger partial charge in [-0.2, -0.15) is 13.2 Å². The summed E-state index contributed by atoms with van der Waals surface area (Å²) in [7, 11) is -6.39. The summed E-state index contributed by atoms with van der Waals surface area (Å²) in [4.78, 5) is 62.6. The number of carboxylic acid groups (broad SMARTS) is 1. The zero-order valence-electron chi connectivity index (χ0n) is 17.3. The van der Waals surface area contributed by atoms with Crippen molar-refractivity contribution in [2.45, 2.75) is 11.8 Å². The highest BCUT2D eigenvalue weighted by atomic mass is 31.2. The second-order valence-corrected chi connectivity index (χ2v) is 8.24. The van der Waals surface area contributed by atoms with E-state index in [1.165, 1.54) is 0 Å². The fraction of sp³-hybridized carbons (Fsp3) is 0.176. The SMILES string of the molecule is O=C(O)CN(C(=O)C(F)(F)F)C(Oc1cccc([N+](=O)[O-])c1)(Oc1cccc([N+](=O)[O-])c1)P(=O)(O)O. The van der Waals surface area contributed by atoms with Crippen LogP contribution in [0, 0.1) is 20.2 Å². The van der Waals surface area contributed by atoms with Gasteiger partial charge < -0.3 is 24.4 Å². The lowest BCUT2D eigenvalue weighted by molar-refractivity contribution is -0.385. The highest BCUT2D eigenvalue weighted by Crippen LogP contribution is 2.55. The van der Waals surface area contributed by atoms with Crippen molar-refractivity contribution in [3.63, 3.8) is 0 Å². The number of rotatable bonds is 10. The maximum atomic E-state index is 13.4. The van der Waals surface area contributed by atoms with Crippen molar-refractivity contribution in [2.75, 3.05) is 6.54 Å². The van der Waals surface area contributed by atoms with Gasteiger partial charge in [0.1, 0.15) is 18.0 Å². The molecule has 2 aromatic rings. The van der Waals surface area contributed by atoms with Gasteiger partial charge in [-0.25, -0.2) is 9.46 Å². The average Bonchev–Trinajstić information content (AvgIpc) is 2.75. The number of nitro groups is 2. The molecule has 15 nitrogen and oxygen atoms in total. The molecule has 0 fully saturated rings. The number of nitro benzene ring substituents is 2. The number of aliphatic carboxylic acids is 1. The van der Waals surface area contributed by atoms with Gasteiger partial charge in [-0.15, -0.1) is 0 Å². The summed E-state index contributed by atoms with van der Waals surface area (Å²) in [6, 6.07) is 6.01. The Kier molecular flexibility index (Phi) is 7.88. The summed E-state index contributed by atoms with van der Waals surface area (Å²) in [5.41, 5.74) is -5.83. The lowest BCUT2D eigenvalue weighted by atomic mass is 10.3. The maximum Gasteiger partial charge on any atom is 0.471 e. The molecule has 0 saturated heterocycles. The molecular weight excluding hydrogens is 526 g/mol. The van der Waals surface area contributed by atoms with Gasteiger partial charge in [-0.05, 0) is 12.1 Å². The molecule has 19 heteroatoms. The summed E-state index contributed by atoms with van der Waals surface area (Å²) in [5.74, 6) is -7.24. The monoisotopic (exact) mass is 539 g/mol. The van der Waals surface area contributed by atoms with E-state index in [1.807, 2.05) is 0 Å². The molecule has 0 bridgehead atoms. The van der Waals surface area contributed by atoms with Crippen LogP contribution in [0.4, 0.5) is 24.5 Å². The second-order valence-electron chi connectivity index (χ2n) is 6.59. The summed E-state index contributed by atoms with van der Waals surface area (Å²) in [5, 5.41) is 31.2. The number of carbonyl (C=O) groups excluding carboxylic acids is 1. The molecule has 0 aromatic heterocycles. The van der Waals surface area contributed by atoms with E-state index in [4.69, 9.17) is 14.6 Å². The molecule has 0 aliphatic carbocycles. The molecule has 2 aromatic carbocycles. The van der Waals surface area contributed by atoms with E-state index >= 15 is 0 Å². The largest absolute Gasteiger partial charge is 0.480 e. The average molecular weight is 539 g/mol. The van der Waals surface area contributed by atoms with Crippen LogP contribution in [0.5, 0.6) is 11.5 Å². The van der Waals surface area contributed by atoms with Crippen LogP contribution >= 0.6 is 7.60 Å². The quantitative estimate of drug-likeness (QED) is 0.171. The van der Waals surface area contributed by atoms with Crippen LogP contribution in [0.2, 0.25) is 0 Å². The van der Waals surface area contributed by atoms with Gasteiger partial charge in [0.2, 0.25) is 0 Å². The zero-order valence-corrected chi connectivity index (χ0v) is 18.2. The first-order chi connectivity index (χ1) is 16.5. The number of halogens is 3. The Morgan fingerprint density at radius 3 is 1.67 bits per heavy atom. The van der Waals surface area contributed by atoms with Gasteiger partial charge in [0.05, 0.1) is 22.0 Å². The lowest BCUT2D eigenvalue weighted by Gasteiger charge is -2.41. The summed E-state index contributed by atoms with van der Waals surface area (Å²) in [6.45, 7) is -2.06. The van der Waals surface area contributed by atoms with Gasteiger partial charge in [0.25, 0.3) is 11.4 Å². The Balaban J connectivity index is 2.87. The third-order valence-electron chi connectivity index (χ3n) is 4.05. The van der Waals surface area contributed by atoms with Crippen LogP contribution in [0.3, 0.4) is 0 Å². The molecule has 0 spiro atoms. The van der Waals surface area contributed by atoms with Crippen molar-refractivity contribution in [1.82, 2.24) is 4.90 Å². The number of hydrogen-bond acceptors (Lipinski definition) is 9. The van der Waals surface area contributed by atoms with Crippen molar-refractivity contribution in [2.24, 2.45) is 0 Å². The van der Waals surface area contributed by atoms with Crippen LogP contribution in [-0.4, -0.2) is 59.9 Å². The van der Waals surface area contributed by atoms with Gasteiger partial charge in [0, 0.05) is 12.1 Å². The molecule has 0 heterocycles. The number of benzene rings is 2. The Bertz CT molecular complexity index is 1190. The first kappa shape index (κ1) is 28.0. The van der Waals surface area contributed by atoms with E-state index < -0.39 is 75.5 Å². The van der Waals surface area contributed by atoms with Crippen LogP contribution < -0.4 is 9.47 Å². The summed E-state index contributed by atoms with van der Waals surface area (Å²) >= 11 is 0. The lowest BCUT2D eigenvalue weighted by Crippen LogP contribution is -2.63. The van der Waals surface area contributed by atoms with Crippen LogP contribution in [0.15, 0.2) is 48.5 Å². The zero-order chi connectivity index (χ0) is 27.5. The number of non-ortho nitro benzene ring substituents is 2. The predicted octanol–water partition coefficient (Wildman–Crippen LogP) is 2.23. The van der Waals surface area contributed by atoms with E-state index in [2.05, 4.69) is 0 Å². The van der Waals surface area contributed by atoms with Crippen LogP contribution in [0.25, 0.3) is 0 Å². The van der Waals surface area contributed by atoms with Crippen molar-refractivity contribution < 1.29 is 61.5 Å². The Morgan fingerprint density at radius 1 is 0.944 bits per heavy atom. The van der Waals surface area contributed by atoms with Gasteiger partial charge in [-0.1, -0.05) is 12.1 Å². The van der Waals surface area contributed by atoms with E-state index in [0.29, 0.717) is 12.1 Å². The van der Waals surface area contributed by atoms with Crippen LogP contribution in [-0.2, 0) is 14.2 Å². The topological polar surface area (TPSA) is 220 Å². The highest BCUT2D eigenvalue weighted by Gasteiger charge is 2.64.